The van der Waals surface area contributed by atoms with Gasteiger partial charge in [-0.2, -0.15) is 0 Å². The van der Waals surface area contributed by atoms with Gasteiger partial charge in [0.2, 0.25) is 11.6 Å². The molecule has 0 aromatic heterocycles. The van der Waals surface area contributed by atoms with Gasteiger partial charge in [0.05, 0.1) is 9.81 Å². The van der Waals surface area contributed by atoms with Crippen LogP contribution in [0.25, 0.3) is 0 Å². The van der Waals surface area contributed by atoms with Crippen molar-refractivity contribution in [3.8, 4) is 0 Å². The minimum Gasteiger partial charge on any atom is -0.398 e. The molecule has 4 rings (SSSR count). The van der Waals surface area contributed by atoms with Crippen molar-refractivity contribution in [3.05, 3.63) is 57.3 Å². The molecule has 108 valence electrons. The normalized spacial score (nSPS) is 19.5. The van der Waals surface area contributed by atoms with Crippen LogP contribution in [0.4, 0.5) is 11.4 Å². The van der Waals surface area contributed by atoms with E-state index >= 15 is 0 Å². The Labute approximate surface area is 134 Å². The fourth-order valence-electron chi connectivity index (χ4n) is 2.54. The van der Waals surface area contributed by atoms with Gasteiger partial charge < -0.3 is 11.5 Å². The molecular weight excluding hydrogens is 316 g/mol. The minimum atomic E-state index is -0.144. The molecular formula is C16H10N2O2S2. The van der Waals surface area contributed by atoms with Crippen molar-refractivity contribution in [1.29, 1.82) is 0 Å². The monoisotopic (exact) mass is 326 g/mol. The topological polar surface area (TPSA) is 86.2 Å². The molecule has 0 radical (unpaired) electrons. The van der Waals surface area contributed by atoms with Crippen LogP contribution in [-0.4, -0.2) is 11.6 Å². The van der Waals surface area contributed by atoms with Crippen LogP contribution < -0.4 is 11.5 Å². The first-order chi connectivity index (χ1) is 10.6. The molecule has 22 heavy (non-hydrogen) atoms. The van der Waals surface area contributed by atoms with E-state index in [4.69, 9.17) is 11.5 Å². The fourth-order valence-corrected chi connectivity index (χ4v) is 4.88. The average molecular weight is 326 g/mol. The summed E-state index contributed by atoms with van der Waals surface area (Å²) in [4.78, 5) is 27.5. The maximum atomic E-state index is 12.6. The van der Waals surface area contributed by atoms with Crippen molar-refractivity contribution < 1.29 is 9.59 Å². The summed E-state index contributed by atoms with van der Waals surface area (Å²) in [5.74, 6) is -0.288. The van der Waals surface area contributed by atoms with Gasteiger partial charge >= 0.3 is 0 Å². The van der Waals surface area contributed by atoms with E-state index in [9.17, 15) is 9.59 Å². The number of Topliss-reactive ketones (excluding diaryl/α,β-unsaturated/α-hetero) is 2. The van der Waals surface area contributed by atoms with E-state index in [0.717, 1.165) is 9.79 Å². The number of fused-ring (bicyclic) bond motifs is 2. The summed E-state index contributed by atoms with van der Waals surface area (Å²) in [6.07, 6.45) is 0. The van der Waals surface area contributed by atoms with Crippen LogP contribution in [0.15, 0.2) is 56.0 Å². The Bertz CT molecular complexity index is 830. The van der Waals surface area contributed by atoms with Crippen molar-refractivity contribution in [1.82, 2.24) is 0 Å². The van der Waals surface area contributed by atoms with Gasteiger partial charge in [-0.15, -0.1) is 0 Å². The number of nitrogen functional groups attached to an aromatic ring is 2. The number of benzene rings is 2. The lowest BCUT2D eigenvalue weighted by atomic mass is 10.1. The van der Waals surface area contributed by atoms with E-state index < -0.39 is 0 Å². The highest BCUT2D eigenvalue weighted by molar-refractivity contribution is 8.08. The van der Waals surface area contributed by atoms with Gasteiger partial charge in [0.25, 0.3) is 0 Å². The Morgan fingerprint density at radius 3 is 1.45 bits per heavy atom. The zero-order chi connectivity index (χ0) is 15.4. The first kappa shape index (κ1) is 13.5. The summed E-state index contributed by atoms with van der Waals surface area (Å²) < 4.78 is 0. The summed E-state index contributed by atoms with van der Waals surface area (Å²) >= 11 is 2.54. The lowest BCUT2D eigenvalue weighted by Crippen LogP contribution is -2.02. The number of thioether (sulfide) groups is 2. The molecule has 0 fully saturated rings. The molecule has 2 aliphatic rings. The first-order valence-electron chi connectivity index (χ1n) is 6.54. The molecule has 4 N–H and O–H groups in total. The Morgan fingerprint density at radius 2 is 1.09 bits per heavy atom. The molecule has 2 aliphatic heterocycles. The van der Waals surface area contributed by atoms with Crippen LogP contribution in [-0.2, 0) is 0 Å². The smallest absolute Gasteiger partial charge is 0.202 e. The number of hydrogen-bond donors (Lipinski definition) is 2. The summed E-state index contributed by atoms with van der Waals surface area (Å²) in [7, 11) is 0. The molecule has 0 atom stereocenters. The predicted molar refractivity (Wildman–Crippen MR) is 89.1 cm³/mol. The highest BCUT2D eigenvalue weighted by atomic mass is 32.2. The first-order valence-corrected chi connectivity index (χ1v) is 8.17. The fraction of sp³-hybridized carbons (Fsp3) is 0. The number of carbonyl (C=O) groups is 2. The third-order valence-electron chi connectivity index (χ3n) is 3.61. The van der Waals surface area contributed by atoms with Crippen LogP contribution in [0.2, 0.25) is 0 Å². The number of hydrogen-bond acceptors (Lipinski definition) is 6. The Kier molecular flexibility index (Phi) is 2.85. The molecule has 2 aromatic carbocycles. The molecule has 2 aromatic rings. The number of nitrogens with two attached hydrogens (primary N) is 2. The second-order valence-electron chi connectivity index (χ2n) is 4.97. The summed E-state index contributed by atoms with van der Waals surface area (Å²) in [5, 5.41) is 0. The standard InChI is InChI=1S/C16H10N2O2S2/c17-9-5-1-3-7-11(19)15(21-13(7)9)16-12(20)8-4-2-6-10(18)14(8)22-16/h1-6H,17-18H2/b16-15+. The van der Waals surface area contributed by atoms with Crippen LogP contribution in [0.1, 0.15) is 20.7 Å². The second-order valence-corrected chi connectivity index (χ2v) is 7.01. The van der Waals surface area contributed by atoms with Crippen molar-refractivity contribution >= 4 is 46.5 Å². The molecule has 0 amide bonds. The average Bonchev–Trinajstić information content (AvgIpc) is 3.01. The lowest BCUT2D eigenvalue weighted by Gasteiger charge is -2.00. The molecule has 0 spiro atoms. The largest absolute Gasteiger partial charge is 0.398 e. The number of allylic oxidation sites excluding steroid dienone is 2. The van der Waals surface area contributed by atoms with Crippen LogP contribution >= 0.6 is 23.5 Å². The number of carbonyl (C=O) groups excluding carboxylic acids is 2. The molecule has 0 saturated heterocycles. The maximum absolute atomic E-state index is 12.6. The quantitative estimate of drug-likeness (QED) is 0.570. The van der Waals surface area contributed by atoms with E-state index in [2.05, 4.69) is 0 Å². The number of anilines is 2. The van der Waals surface area contributed by atoms with Gasteiger partial charge in [0, 0.05) is 32.3 Å². The third-order valence-corrected chi connectivity index (χ3v) is 6.24. The van der Waals surface area contributed by atoms with E-state index in [1.807, 2.05) is 0 Å². The molecule has 0 aliphatic carbocycles. The molecule has 0 bridgehead atoms. The van der Waals surface area contributed by atoms with Gasteiger partial charge in [-0.1, -0.05) is 35.7 Å². The molecule has 4 nitrogen and oxygen atoms in total. The van der Waals surface area contributed by atoms with Gasteiger partial charge in [-0.3, -0.25) is 9.59 Å². The summed E-state index contributed by atoms with van der Waals surface area (Å²) in [6, 6.07) is 10.5. The highest BCUT2D eigenvalue weighted by Gasteiger charge is 2.37. The van der Waals surface area contributed by atoms with Gasteiger partial charge in [0.15, 0.2) is 0 Å². The SMILES string of the molecule is Nc1cccc2c1S/C(=C1/Sc3c(N)cccc3C1=O)C2=O. The maximum Gasteiger partial charge on any atom is 0.202 e. The Hall–Kier alpha value is -2.18. The Morgan fingerprint density at radius 1 is 0.682 bits per heavy atom. The van der Waals surface area contributed by atoms with Crippen LogP contribution in [0.5, 0.6) is 0 Å². The van der Waals surface area contributed by atoms with Crippen molar-refractivity contribution in [2.24, 2.45) is 0 Å². The predicted octanol–water partition coefficient (Wildman–Crippen LogP) is 3.34. The third kappa shape index (κ3) is 1.74. The number of ketones is 2. The van der Waals surface area contributed by atoms with Crippen molar-refractivity contribution in [3.63, 3.8) is 0 Å². The van der Waals surface area contributed by atoms with E-state index in [1.54, 1.807) is 36.4 Å². The van der Waals surface area contributed by atoms with E-state index in [1.165, 1.54) is 23.5 Å². The van der Waals surface area contributed by atoms with Crippen molar-refractivity contribution in [2.45, 2.75) is 9.79 Å². The zero-order valence-electron chi connectivity index (χ0n) is 11.3. The molecule has 2 heterocycles. The zero-order valence-corrected chi connectivity index (χ0v) is 12.9. The Balaban J connectivity index is 1.86. The van der Waals surface area contributed by atoms with Crippen molar-refractivity contribution in [2.75, 3.05) is 11.5 Å². The van der Waals surface area contributed by atoms with Crippen LogP contribution in [0, 0.1) is 0 Å². The summed E-state index contributed by atoms with van der Waals surface area (Å²) in [6.45, 7) is 0. The summed E-state index contributed by atoms with van der Waals surface area (Å²) in [5.41, 5.74) is 14.1. The number of rotatable bonds is 0. The van der Waals surface area contributed by atoms with Crippen LogP contribution in [0.3, 0.4) is 0 Å². The molecule has 6 heteroatoms. The highest BCUT2D eigenvalue weighted by Crippen LogP contribution is 2.52. The van der Waals surface area contributed by atoms with Gasteiger partial charge in [-0.05, 0) is 24.3 Å². The molecule has 0 unspecified atom stereocenters. The minimum absolute atomic E-state index is 0.144. The van der Waals surface area contributed by atoms with E-state index in [0.29, 0.717) is 32.3 Å². The molecule has 0 saturated carbocycles. The van der Waals surface area contributed by atoms with Gasteiger partial charge in [-0.25, -0.2) is 0 Å². The second kappa shape index (κ2) is 4.66. The van der Waals surface area contributed by atoms with Gasteiger partial charge in [0.1, 0.15) is 0 Å². The lowest BCUT2D eigenvalue weighted by molar-refractivity contribution is 0.101. The van der Waals surface area contributed by atoms with E-state index in [-0.39, 0.29) is 11.6 Å².